The molecule has 1 aliphatic heterocycles. The first-order chi connectivity index (χ1) is 12.7. The summed E-state index contributed by atoms with van der Waals surface area (Å²) in [6.45, 7) is 1.19. The molecule has 3 heterocycles. The Morgan fingerprint density at radius 3 is 2.67 bits per heavy atom. The van der Waals surface area contributed by atoms with Gasteiger partial charge in [-0.1, -0.05) is 0 Å². The van der Waals surface area contributed by atoms with Crippen LogP contribution in [-0.4, -0.2) is 86.0 Å². The molecule has 0 aliphatic carbocycles. The molecule has 1 aliphatic rings. The van der Waals surface area contributed by atoms with E-state index in [-0.39, 0.29) is 17.0 Å². The van der Waals surface area contributed by atoms with Crippen LogP contribution in [0.5, 0.6) is 0 Å². The van der Waals surface area contributed by atoms with Crippen LogP contribution in [0.4, 0.5) is 5.82 Å². The fourth-order valence-corrected chi connectivity index (χ4v) is 2.99. The monoisotopic (exact) mass is 378 g/mol. The highest BCUT2D eigenvalue weighted by Crippen LogP contribution is 2.35. The van der Waals surface area contributed by atoms with Crippen molar-refractivity contribution in [3.05, 3.63) is 17.6 Å². The predicted octanol–water partition coefficient (Wildman–Crippen LogP) is -1.33. The zero-order chi connectivity index (χ0) is 19.9. The van der Waals surface area contributed by atoms with Crippen molar-refractivity contribution in [2.45, 2.75) is 31.5 Å². The minimum absolute atomic E-state index is 0.105. The average Bonchev–Trinajstić information content (AvgIpc) is 3.11. The molecule has 3 rings (SSSR count). The Morgan fingerprint density at radius 1 is 1.41 bits per heavy atom. The number of primary amides is 1. The summed E-state index contributed by atoms with van der Waals surface area (Å²) in [5, 5.41) is 30.0. The summed E-state index contributed by atoms with van der Waals surface area (Å²) in [6.07, 6.45) is -1.74. The van der Waals surface area contributed by atoms with E-state index in [1.165, 1.54) is 17.1 Å². The molecule has 1 unspecified atom stereocenters. The van der Waals surface area contributed by atoms with Gasteiger partial charge in [-0.3, -0.25) is 4.79 Å². The van der Waals surface area contributed by atoms with E-state index in [2.05, 4.69) is 15.0 Å². The first-order valence-corrected chi connectivity index (χ1v) is 8.26. The summed E-state index contributed by atoms with van der Waals surface area (Å²) < 4.78 is 6.96. The lowest BCUT2D eigenvalue weighted by atomic mass is 10.1. The maximum Gasteiger partial charge on any atom is 0.251 e. The highest BCUT2D eigenvalue weighted by molar-refractivity contribution is 6.09. The van der Waals surface area contributed by atoms with Gasteiger partial charge in [0.25, 0.3) is 5.91 Å². The molecule has 27 heavy (non-hydrogen) atoms. The number of hydrogen-bond donors (Lipinski definition) is 4. The van der Waals surface area contributed by atoms with Gasteiger partial charge in [0.1, 0.15) is 29.8 Å². The second-order valence-corrected chi connectivity index (χ2v) is 6.54. The van der Waals surface area contributed by atoms with Crippen LogP contribution in [0, 0.1) is 6.92 Å². The van der Waals surface area contributed by atoms with Crippen molar-refractivity contribution < 1.29 is 24.9 Å². The Hall–Kier alpha value is -2.60. The van der Waals surface area contributed by atoms with Crippen molar-refractivity contribution in [3.63, 3.8) is 0 Å². The van der Waals surface area contributed by atoms with Gasteiger partial charge in [0.15, 0.2) is 12.0 Å². The number of aromatic nitrogens is 3. The lowest BCUT2D eigenvalue weighted by Crippen LogP contribution is -2.33. The molecule has 0 bridgehead atoms. The first kappa shape index (κ1) is 19.2. The molecule has 5 N–H and O–H groups in total. The largest absolute Gasteiger partial charge is 0.394 e. The lowest BCUT2D eigenvalue weighted by Gasteiger charge is -2.17. The number of aliphatic hydroxyl groups is 3. The highest BCUT2D eigenvalue weighted by atomic mass is 16.6. The van der Waals surface area contributed by atoms with Crippen LogP contribution < -0.4 is 5.73 Å². The maximum atomic E-state index is 12.0. The minimum Gasteiger partial charge on any atom is -0.394 e. The predicted molar refractivity (Wildman–Crippen MR) is 95.6 cm³/mol. The molecule has 11 heteroatoms. The van der Waals surface area contributed by atoms with Crippen molar-refractivity contribution in [2.75, 3.05) is 20.7 Å². The van der Waals surface area contributed by atoms with Gasteiger partial charge in [0.05, 0.1) is 23.9 Å². The number of aliphatic imine (C=N–C) groups is 1. The number of nitrogens with two attached hydrogens (primary N) is 1. The second kappa shape index (κ2) is 7.19. The van der Waals surface area contributed by atoms with Gasteiger partial charge in [-0.2, -0.15) is 0 Å². The average molecular weight is 378 g/mol. The van der Waals surface area contributed by atoms with Gasteiger partial charge in [0, 0.05) is 20.3 Å². The van der Waals surface area contributed by atoms with E-state index in [9.17, 15) is 20.1 Å². The van der Waals surface area contributed by atoms with E-state index in [1.807, 2.05) is 0 Å². The third kappa shape index (κ3) is 3.37. The van der Waals surface area contributed by atoms with Crippen LogP contribution >= 0.6 is 0 Å². The standard InChI is InChI=1S/C16H22N6O5/c1-7-19-14(18-6-21(2)3)10-8(13(17)26)4-22(15(10)20-7)16-12(25)11(24)9(5-23)27-16/h4,6,9,11-12,16,23-25H,5H2,1-3H3,(H2,17,26)/b18-6+/t9?,11-,12-,16-/m1/s1. The topological polar surface area (TPSA) is 159 Å². The smallest absolute Gasteiger partial charge is 0.251 e. The van der Waals surface area contributed by atoms with Crippen LogP contribution in [0.1, 0.15) is 22.4 Å². The van der Waals surface area contributed by atoms with Gasteiger partial charge in [-0.15, -0.1) is 0 Å². The normalized spacial score (nSPS) is 25.6. The molecule has 146 valence electrons. The molecule has 2 aromatic rings. The summed E-state index contributed by atoms with van der Waals surface area (Å²) >= 11 is 0. The second-order valence-electron chi connectivity index (χ2n) is 6.54. The number of aliphatic hydroxyl groups excluding tert-OH is 3. The number of carbonyl (C=O) groups is 1. The van der Waals surface area contributed by atoms with Crippen molar-refractivity contribution in [1.29, 1.82) is 0 Å². The van der Waals surface area contributed by atoms with E-state index in [0.717, 1.165) is 0 Å². The summed E-state index contributed by atoms with van der Waals surface area (Å²) in [7, 11) is 3.57. The Morgan fingerprint density at radius 2 is 2.11 bits per heavy atom. The molecular formula is C16H22N6O5. The third-order valence-electron chi connectivity index (χ3n) is 4.23. The van der Waals surface area contributed by atoms with E-state index in [1.54, 1.807) is 25.9 Å². The Balaban J connectivity index is 2.22. The van der Waals surface area contributed by atoms with Gasteiger partial charge < -0.3 is 35.3 Å². The molecule has 2 aromatic heterocycles. The fraction of sp³-hybridized carbons (Fsp3) is 0.500. The maximum absolute atomic E-state index is 12.0. The van der Waals surface area contributed by atoms with Crippen LogP contribution in [-0.2, 0) is 4.74 Å². The van der Waals surface area contributed by atoms with E-state index in [4.69, 9.17) is 10.5 Å². The molecule has 1 amide bonds. The van der Waals surface area contributed by atoms with Crippen LogP contribution in [0.15, 0.2) is 11.2 Å². The van der Waals surface area contributed by atoms with Crippen LogP contribution in [0.2, 0.25) is 0 Å². The summed E-state index contributed by atoms with van der Waals surface area (Å²) in [4.78, 5) is 26.6. The molecule has 1 saturated heterocycles. The van der Waals surface area contributed by atoms with E-state index in [0.29, 0.717) is 11.2 Å². The number of hydrogen-bond acceptors (Lipinski definition) is 8. The fourth-order valence-electron chi connectivity index (χ4n) is 2.99. The number of aryl methyl sites for hydroxylation is 1. The summed E-state index contributed by atoms with van der Waals surface area (Å²) in [5.41, 5.74) is 5.89. The third-order valence-corrected chi connectivity index (χ3v) is 4.23. The highest BCUT2D eigenvalue weighted by Gasteiger charge is 2.44. The summed E-state index contributed by atoms with van der Waals surface area (Å²) in [5.74, 6) is -0.0970. The number of amides is 1. The minimum atomic E-state index is -1.33. The number of fused-ring (bicyclic) bond motifs is 1. The van der Waals surface area contributed by atoms with Gasteiger partial charge in [-0.25, -0.2) is 15.0 Å². The first-order valence-electron chi connectivity index (χ1n) is 8.26. The quantitative estimate of drug-likeness (QED) is 0.368. The van der Waals surface area contributed by atoms with Gasteiger partial charge in [0.2, 0.25) is 0 Å². The van der Waals surface area contributed by atoms with Gasteiger partial charge >= 0.3 is 0 Å². The number of rotatable bonds is 5. The van der Waals surface area contributed by atoms with Crippen molar-refractivity contribution in [2.24, 2.45) is 10.7 Å². The zero-order valence-electron chi connectivity index (χ0n) is 15.1. The van der Waals surface area contributed by atoms with Crippen LogP contribution in [0.25, 0.3) is 11.0 Å². The molecule has 0 radical (unpaired) electrons. The van der Waals surface area contributed by atoms with Gasteiger partial charge in [-0.05, 0) is 6.92 Å². The molecular weight excluding hydrogens is 356 g/mol. The van der Waals surface area contributed by atoms with E-state index >= 15 is 0 Å². The molecule has 11 nitrogen and oxygen atoms in total. The number of carbonyl (C=O) groups excluding carboxylic acids is 1. The molecule has 0 aromatic carbocycles. The van der Waals surface area contributed by atoms with Crippen molar-refractivity contribution in [3.8, 4) is 0 Å². The Labute approximate surface area is 154 Å². The zero-order valence-corrected chi connectivity index (χ0v) is 15.1. The molecule has 0 saturated carbocycles. The lowest BCUT2D eigenvalue weighted by molar-refractivity contribution is -0.0509. The Bertz CT molecular complexity index is 895. The molecule has 4 atom stereocenters. The SMILES string of the molecule is Cc1nc(/N=C/N(C)C)c2c(C(N)=O)cn([C@@H]3OC(CO)[C@@H](O)[C@H]3O)c2n1. The number of ether oxygens (including phenoxy) is 1. The Kier molecular flexibility index (Phi) is 5.11. The van der Waals surface area contributed by atoms with E-state index < -0.39 is 37.1 Å². The molecule has 1 fully saturated rings. The number of nitrogens with zero attached hydrogens (tertiary/aromatic N) is 5. The summed E-state index contributed by atoms with van der Waals surface area (Å²) in [6, 6.07) is 0. The van der Waals surface area contributed by atoms with Crippen molar-refractivity contribution in [1.82, 2.24) is 19.4 Å². The van der Waals surface area contributed by atoms with Crippen molar-refractivity contribution >= 4 is 29.1 Å². The van der Waals surface area contributed by atoms with Crippen LogP contribution in [0.3, 0.4) is 0 Å². The molecule has 0 spiro atoms.